The summed E-state index contributed by atoms with van der Waals surface area (Å²) in [5, 5.41) is 2.23. The van der Waals surface area contributed by atoms with E-state index in [0.717, 1.165) is 10.7 Å². The maximum Gasteiger partial charge on any atom is 0.00826 e. The second-order valence-electron chi connectivity index (χ2n) is 3.09. The highest BCUT2D eigenvalue weighted by Gasteiger charge is 2.14. The zero-order valence-corrected chi connectivity index (χ0v) is 9.26. The van der Waals surface area contributed by atoms with Gasteiger partial charge in [-0.1, -0.05) is 45.7 Å². The Morgan fingerprint density at radius 2 is 1.78 bits per heavy atom. The Kier molecular flexibility index (Phi) is 5.23. The summed E-state index contributed by atoms with van der Waals surface area (Å²) in [6.07, 6.45) is 2.57. The van der Waals surface area contributed by atoms with Crippen LogP contribution in [0.15, 0.2) is 0 Å². The molecule has 0 bridgehead atoms. The average molecular weight is 258 g/mol. The summed E-state index contributed by atoms with van der Waals surface area (Å²) >= 11 is 6.90. The van der Waals surface area contributed by atoms with Crippen molar-refractivity contribution in [3.8, 4) is 0 Å². The minimum atomic E-state index is 0.480. The molecule has 0 saturated carbocycles. The van der Waals surface area contributed by atoms with Crippen LogP contribution in [0.3, 0.4) is 0 Å². The normalized spacial score (nSPS) is 12.0. The van der Waals surface area contributed by atoms with E-state index in [-0.39, 0.29) is 0 Å². The van der Waals surface area contributed by atoms with Crippen molar-refractivity contribution < 1.29 is 0 Å². The largest absolute Gasteiger partial charge is 0.0928 e. The van der Waals surface area contributed by atoms with Crippen molar-refractivity contribution in [2.45, 2.75) is 26.7 Å². The van der Waals surface area contributed by atoms with Gasteiger partial charge in [0, 0.05) is 10.7 Å². The lowest BCUT2D eigenvalue weighted by Gasteiger charge is -2.20. The Bertz CT molecular complexity index is 69.3. The maximum absolute atomic E-state index is 3.49. The molecule has 0 aliphatic heterocycles. The van der Waals surface area contributed by atoms with Crippen LogP contribution in [-0.2, 0) is 0 Å². The van der Waals surface area contributed by atoms with Gasteiger partial charge in [-0.05, 0) is 18.3 Å². The fourth-order valence-electron chi connectivity index (χ4n) is 0.612. The van der Waals surface area contributed by atoms with Gasteiger partial charge in [0.1, 0.15) is 0 Å². The summed E-state index contributed by atoms with van der Waals surface area (Å²) in [5.74, 6) is 0. The standard InChI is InChI=1S/C7H14Br2/c1-7(2,6-9)4-3-5-8/h3-6H2,1-2H3. The van der Waals surface area contributed by atoms with Gasteiger partial charge in [-0.2, -0.15) is 0 Å². The molecule has 0 aliphatic carbocycles. The van der Waals surface area contributed by atoms with Crippen LogP contribution in [0.5, 0.6) is 0 Å². The highest BCUT2D eigenvalue weighted by molar-refractivity contribution is 9.09. The molecular formula is C7H14Br2. The van der Waals surface area contributed by atoms with Crippen LogP contribution in [0.4, 0.5) is 0 Å². The monoisotopic (exact) mass is 256 g/mol. The van der Waals surface area contributed by atoms with E-state index >= 15 is 0 Å². The molecule has 9 heavy (non-hydrogen) atoms. The zero-order chi connectivity index (χ0) is 7.33. The van der Waals surface area contributed by atoms with Gasteiger partial charge in [0.15, 0.2) is 0 Å². The number of halogens is 2. The smallest absolute Gasteiger partial charge is 0.00826 e. The molecule has 0 aromatic carbocycles. The van der Waals surface area contributed by atoms with Crippen LogP contribution < -0.4 is 0 Å². The minimum absolute atomic E-state index is 0.480. The summed E-state index contributed by atoms with van der Waals surface area (Å²) in [4.78, 5) is 0. The number of rotatable bonds is 4. The molecule has 2 heteroatoms. The van der Waals surface area contributed by atoms with Crippen molar-refractivity contribution in [3.63, 3.8) is 0 Å². The van der Waals surface area contributed by atoms with Crippen molar-refractivity contribution in [2.24, 2.45) is 5.41 Å². The molecule has 0 unspecified atom stereocenters. The molecule has 56 valence electrons. The van der Waals surface area contributed by atoms with Crippen LogP contribution in [0, 0.1) is 5.41 Å². The molecule has 0 heterocycles. The summed E-state index contributed by atoms with van der Waals surface area (Å²) in [6, 6.07) is 0. The van der Waals surface area contributed by atoms with Gasteiger partial charge in [0.2, 0.25) is 0 Å². The highest BCUT2D eigenvalue weighted by Crippen LogP contribution is 2.24. The van der Waals surface area contributed by atoms with Gasteiger partial charge >= 0.3 is 0 Å². The van der Waals surface area contributed by atoms with Gasteiger partial charge in [0.25, 0.3) is 0 Å². The number of alkyl halides is 2. The third-order valence-corrected chi connectivity index (χ3v) is 3.43. The van der Waals surface area contributed by atoms with Gasteiger partial charge in [-0.3, -0.25) is 0 Å². The van der Waals surface area contributed by atoms with E-state index in [1.54, 1.807) is 0 Å². The van der Waals surface area contributed by atoms with Gasteiger partial charge in [0.05, 0.1) is 0 Å². The van der Waals surface area contributed by atoms with Gasteiger partial charge in [-0.15, -0.1) is 0 Å². The molecule has 0 saturated heterocycles. The van der Waals surface area contributed by atoms with Crippen LogP contribution in [0.1, 0.15) is 26.7 Å². The third-order valence-electron chi connectivity index (χ3n) is 1.35. The highest BCUT2D eigenvalue weighted by atomic mass is 79.9. The van der Waals surface area contributed by atoms with Crippen molar-refractivity contribution in [1.29, 1.82) is 0 Å². The lowest BCUT2D eigenvalue weighted by molar-refractivity contribution is 0.387. The van der Waals surface area contributed by atoms with Crippen molar-refractivity contribution in [1.82, 2.24) is 0 Å². The van der Waals surface area contributed by atoms with E-state index in [1.165, 1.54) is 12.8 Å². The van der Waals surface area contributed by atoms with E-state index in [4.69, 9.17) is 0 Å². The third kappa shape index (κ3) is 5.41. The van der Waals surface area contributed by atoms with Crippen molar-refractivity contribution in [2.75, 3.05) is 10.7 Å². The van der Waals surface area contributed by atoms with E-state index in [1.807, 2.05) is 0 Å². The fourth-order valence-corrected chi connectivity index (χ4v) is 1.17. The first-order chi connectivity index (χ1) is 4.12. The summed E-state index contributed by atoms with van der Waals surface area (Å²) in [6.45, 7) is 4.56. The first kappa shape index (κ1) is 9.96. The second kappa shape index (κ2) is 4.73. The predicted molar refractivity (Wildman–Crippen MR) is 50.6 cm³/mol. The fraction of sp³-hybridized carbons (Fsp3) is 1.00. The Morgan fingerprint density at radius 1 is 1.22 bits per heavy atom. The van der Waals surface area contributed by atoms with Crippen LogP contribution in [0.25, 0.3) is 0 Å². The lowest BCUT2D eigenvalue weighted by atomic mass is 9.91. The molecule has 0 nitrogen and oxygen atoms in total. The zero-order valence-electron chi connectivity index (χ0n) is 6.08. The Labute approximate surface area is 74.7 Å². The summed E-state index contributed by atoms with van der Waals surface area (Å²) < 4.78 is 0. The molecule has 0 rings (SSSR count). The molecule has 0 spiro atoms. The maximum atomic E-state index is 3.49. The first-order valence-electron chi connectivity index (χ1n) is 3.24. The Hall–Kier alpha value is 0.960. The Balaban J connectivity index is 3.33. The molecule has 0 aromatic rings. The van der Waals surface area contributed by atoms with Crippen molar-refractivity contribution in [3.05, 3.63) is 0 Å². The second-order valence-corrected chi connectivity index (χ2v) is 4.44. The van der Waals surface area contributed by atoms with Crippen LogP contribution >= 0.6 is 31.9 Å². The molecular weight excluding hydrogens is 244 g/mol. The van der Waals surface area contributed by atoms with Crippen molar-refractivity contribution >= 4 is 31.9 Å². The van der Waals surface area contributed by atoms with E-state index < -0.39 is 0 Å². The molecule has 0 amide bonds. The van der Waals surface area contributed by atoms with Gasteiger partial charge < -0.3 is 0 Å². The van der Waals surface area contributed by atoms with E-state index in [9.17, 15) is 0 Å². The average Bonchev–Trinajstić information content (AvgIpc) is 1.84. The number of hydrogen-bond donors (Lipinski definition) is 0. The SMILES string of the molecule is CC(C)(CBr)CCCBr. The van der Waals surface area contributed by atoms with Crippen LogP contribution in [-0.4, -0.2) is 10.7 Å². The quantitative estimate of drug-likeness (QED) is 0.676. The number of hydrogen-bond acceptors (Lipinski definition) is 0. The Morgan fingerprint density at radius 3 is 2.11 bits per heavy atom. The molecule has 0 aromatic heterocycles. The molecule has 0 fully saturated rings. The molecule has 0 N–H and O–H groups in total. The van der Waals surface area contributed by atoms with E-state index in [2.05, 4.69) is 45.7 Å². The minimum Gasteiger partial charge on any atom is -0.0928 e. The predicted octanol–water partition coefficient (Wildman–Crippen LogP) is 3.58. The summed E-state index contributed by atoms with van der Waals surface area (Å²) in [5.41, 5.74) is 0.480. The topological polar surface area (TPSA) is 0 Å². The van der Waals surface area contributed by atoms with E-state index in [0.29, 0.717) is 5.41 Å². The van der Waals surface area contributed by atoms with Gasteiger partial charge in [-0.25, -0.2) is 0 Å². The summed E-state index contributed by atoms with van der Waals surface area (Å²) in [7, 11) is 0. The van der Waals surface area contributed by atoms with Crippen LogP contribution in [0.2, 0.25) is 0 Å². The molecule has 0 aliphatic rings. The molecule has 0 atom stereocenters. The molecule has 0 radical (unpaired) electrons. The lowest BCUT2D eigenvalue weighted by Crippen LogP contribution is -2.12. The first-order valence-corrected chi connectivity index (χ1v) is 5.48.